The van der Waals surface area contributed by atoms with Gasteiger partial charge < -0.3 is 9.51 Å². The zero-order valence-electron chi connectivity index (χ0n) is 15.3. The Bertz CT molecular complexity index is 1420. The van der Waals surface area contributed by atoms with E-state index in [0.717, 1.165) is 16.6 Å². The fourth-order valence-electron chi connectivity index (χ4n) is 3.73. The molecule has 29 heavy (non-hydrogen) atoms. The fraction of sp³-hybridized carbons (Fsp3) is 0.0455. The summed E-state index contributed by atoms with van der Waals surface area (Å²) in [5, 5.41) is 9.19. The Morgan fingerprint density at radius 2 is 1.69 bits per heavy atom. The average molecular weight is 384 g/mol. The minimum Gasteiger partial charge on any atom is -0.480 e. The van der Waals surface area contributed by atoms with Crippen molar-refractivity contribution < 1.29 is 9.90 Å². The summed E-state index contributed by atoms with van der Waals surface area (Å²) in [7, 11) is 0. The molecule has 0 saturated heterocycles. The number of nitrogens with zero attached hydrogens (tertiary/aromatic N) is 4. The molecular weight excluding hydrogens is 368 g/mol. The SMILES string of the molecule is O=C(O)Cn1c(=O)n(-c2ccc(-c3cccn4cncc34)cc2)c2ccccc21. The van der Waals surface area contributed by atoms with Gasteiger partial charge in [-0.25, -0.2) is 9.78 Å². The number of hydrogen-bond donors (Lipinski definition) is 1. The standard InChI is InChI=1S/C22H16N4O3/c27-21(28)13-25-18-5-1-2-6-19(18)26(22(25)29)16-9-7-15(8-10-16)17-4-3-11-24-14-23-12-20(17)24/h1-12,14H,13H2,(H,27,28). The van der Waals surface area contributed by atoms with Crippen LogP contribution in [0.1, 0.15) is 0 Å². The Labute approximate surface area is 164 Å². The number of carboxylic acid groups (broad SMARTS) is 1. The van der Waals surface area contributed by atoms with Gasteiger partial charge in [0.2, 0.25) is 0 Å². The number of fused-ring (bicyclic) bond motifs is 2. The van der Waals surface area contributed by atoms with E-state index in [1.165, 1.54) is 4.57 Å². The van der Waals surface area contributed by atoms with E-state index >= 15 is 0 Å². The van der Waals surface area contributed by atoms with Crippen molar-refractivity contribution in [3.05, 3.63) is 89.9 Å². The Hall–Kier alpha value is -4.13. The summed E-state index contributed by atoms with van der Waals surface area (Å²) in [6, 6.07) is 18.8. The summed E-state index contributed by atoms with van der Waals surface area (Å²) >= 11 is 0. The van der Waals surface area contributed by atoms with Gasteiger partial charge in [-0.2, -0.15) is 0 Å². The Kier molecular flexibility index (Phi) is 3.80. The van der Waals surface area contributed by atoms with Gasteiger partial charge in [0.1, 0.15) is 6.54 Å². The molecule has 3 heterocycles. The smallest absolute Gasteiger partial charge is 0.334 e. The van der Waals surface area contributed by atoms with E-state index in [0.29, 0.717) is 16.7 Å². The maximum absolute atomic E-state index is 13.0. The number of hydrogen-bond acceptors (Lipinski definition) is 3. The Morgan fingerprint density at radius 1 is 0.931 bits per heavy atom. The van der Waals surface area contributed by atoms with Crippen LogP contribution in [0.25, 0.3) is 33.4 Å². The van der Waals surface area contributed by atoms with E-state index in [-0.39, 0.29) is 12.2 Å². The molecule has 0 aliphatic carbocycles. The van der Waals surface area contributed by atoms with Gasteiger partial charge in [0.25, 0.3) is 0 Å². The zero-order chi connectivity index (χ0) is 20.0. The average Bonchev–Trinajstić information content (AvgIpc) is 3.31. The predicted octanol–water partition coefficient (Wildman–Crippen LogP) is 3.19. The molecule has 7 nitrogen and oxygen atoms in total. The molecule has 0 atom stereocenters. The molecule has 0 aliphatic rings. The molecule has 3 aromatic heterocycles. The third-order valence-corrected chi connectivity index (χ3v) is 5.02. The quantitative estimate of drug-likeness (QED) is 0.516. The monoisotopic (exact) mass is 384 g/mol. The van der Waals surface area contributed by atoms with Crippen molar-refractivity contribution in [2.45, 2.75) is 6.54 Å². The molecule has 0 unspecified atom stereocenters. The predicted molar refractivity (Wildman–Crippen MR) is 109 cm³/mol. The lowest BCUT2D eigenvalue weighted by Crippen LogP contribution is -2.26. The van der Waals surface area contributed by atoms with E-state index in [4.69, 9.17) is 0 Å². The number of aliphatic carboxylic acids is 1. The van der Waals surface area contributed by atoms with Crippen molar-refractivity contribution in [3.63, 3.8) is 0 Å². The Balaban J connectivity index is 1.65. The molecule has 0 amide bonds. The summed E-state index contributed by atoms with van der Waals surface area (Å²) in [6.45, 7) is -0.381. The lowest BCUT2D eigenvalue weighted by Gasteiger charge is -2.07. The number of carboxylic acids is 1. The molecule has 0 aliphatic heterocycles. The molecule has 7 heteroatoms. The molecule has 2 aromatic carbocycles. The van der Waals surface area contributed by atoms with Crippen molar-refractivity contribution in [3.8, 4) is 16.8 Å². The van der Waals surface area contributed by atoms with Gasteiger partial charge in [0.15, 0.2) is 0 Å². The second kappa shape index (κ2) is 6.49. The summed E-state index contributed by atoms with van der Waals surface area (Å²) in [5.74, 6) is -1.06. The van der Waals surface area contributed by atoms with Gasteiger partial charge >= 0.3 is 11.7 Å². The number of aromatic nitrogens is 4. The molecular formula is C22H16N4O3. The van der Waals surface area contributed by atoms with Crippen molar-refractivity contribution in [1.29, 1.82) is 0 Å². The normalized spacial score (nSPS) is 11.3. The molecule has 142 valence electrons. The van der Waals surface area contributed by atoms with Gasteiger partial charge in [0, 0.05) is 11.8 Å². The number of benzene rings is 2. The summed E-state index contributed by atoms with van der Waals surface area (Å²) in [6.07, 6.45) is 5.51. The van der Waals surface area contributed by atoms with Crippen LogP contribution in [-0.2, 0) is 11.3 Å². The molecule has 0 fully saturated rings. The van der Waals surface area contributed by atoms with Gasteiger partial charge in [0.05, 0.1) is 34.8 Å². The highest BCUT2D eigenvalue weighted by molar-refractivity contribution is 5.82. The number of rotatable bonds is 4. The first-order chi connectivity index (χ1) is 14.1. The van der Waals surface area contributed by atoms with Crippen LogP contribution >= 0.6 is 0 Å². The van der Waals surface area contributed by atoms with E-state index in [2.05, 4.69) is 4.98 Å². The highest BCUT2D eigenvalue weighted by Gasteiger charge is 2.16. The molecule has 0 radical (unpaired) electrons. The van der Waals surface area contributed by atoms with Crippen molar-refractivity contribution >= 4 is 22.5 Å². The molecule has 1 N–H and O–H groups in total. The largest absolute Gasteiger partial charge is 0.480 e. The van der Waals surface area contributed by atoms with Crippen molar-refractivity contribution in [2.24, 2.45) is 0 Å². The third kappa shape index (κ3) is 2.71. The van der Waals surface area contributed by atoms with Gasteiger partial charge in [-0.1, -0.05) is 30.3 Å². The summed E-state index contributed by atoms with van der Waals surface area (Å²) in [4.78, 5) is 28.4. The van der Waals surface area contributed by atoms with Crippen LogP contribution in [0.5, 0.6) is 0 Å². The number of para-hydroxylation sites is 2. The van der Waals surface area contributed by atoms with Crippen LogP contribution in [-0.4, -0.2) is 29.6 Å². The minimum absolute atomic E-state index is 0.376. The van der Waals surface area contributed by atoms with Crippen LogP contribution in [0.15, 0.2) is 84.2 Å². The van der Waals surface area contributed by atoms with Crippen LogP contribution in [0, 0.1) is 0 Å². The molecule has 0 spiro atoms. The highest BCUT2D eigenvalue weighted by Crippen LogP contribution is 2.26. The van der Waals surface area contributed by atoms with Crippen LogP contribution in [0.3, 0.4) is 0 Å². The molecule has 0 bridgehead atoms. The fourth-order valence-corrected chi connectivity index (χ4v) is 3.73. The summed E-state index contributed by atoms with van der Waals surface area (Å²) < 4.78 is 4.77. The van der Waals surface area contributed by atoms with E-state index < -0.39 is 5.97 Å². The molecule has 5 aromatic rings. The first-order valence-corrected chi connectivity index (χ1v) is 9.07. The maximum Gasteiger partial charge on any atom is 0.334 e. The van der Waals surface area contributed by atoms with Gasteiger partial charge in [-0.3, -0.25) is 13.9 Å². The second-order valence-electron chi connectivity index (χ2n) is 6.74. The van der Waals surface area contributed by atoms with Gasteiger partial charge in [-0.15, -0.1) is 0 Å². The summed E-state index contributed by atoms with van der Waals surface area (Å²) in [5.41, 5.74) is 4.60. The van der Waals surface area contributed by atoms with E-state index in [9.17, 15) is 14.7 Å². The number of carbonyl (C=O) groups is 1. The van der Waals surface area contributed by atoms with Crippen LogP contribution < -0.4 is 5.69 Å². The third-order valence-electron chi connectivity index (χ3n) is 5.02. The minimum atomic E-state index is -1.06. The maximum atomic E-state index is 13.0. The molecule has 5 rings (SSSR count). The Morgan fingerprint density at radius 3 is 2.45 bits per heavy atom. The highest BCUT2D eigenvalue weighted by atomic mass is 16.4. The van der Waals surface area contributed by atoms with Crippen LogP contribution in [0.4, 0.5) is 0 Å². The first-order valence-electron chi connectivity index (χ1n) is 9.07. The van der Waals surface area contributed by atoms with Gasteiger partial charge in [-0.05, 0) is 35.9 Å². The lowest BCUT2D eigenvalue weighted by molar-refractivity contribution is -0.137. The van der Waals surface area contributed by atoms with Crippen LogP contribution in [0.2, 0.25) is 0 Å². The first kappa shape index (κ1) is 17.0. The second-order valence-corrected chi connectivity index (χ2v) is 6.74. The van der Waals surface area contributed by atoms with E-state index in [1.54, 1.807) is 23.0 Å². The lowest BCUT2D eigenvalue weighted by atomic mass is 10.1. The molecule has 0 saturated carbocycles. The number of pyridine rings is 1. The number of imidazole rings is 2. The zero-order valence-corrected chi connectivity index (χ0v) is 15.3. The van der Waals surface area contributed by atoms with Crippen molar-refractivity contribution in [2.75, 3.05) is 0 Å². The van der Waals surface area contributed by atoms with E-state index in [1.807, 2.05) is 65.3 Å². The topological polar surface area (TPSA) is 81.5 Å². The van der Waals surface area contributed by atoms with Crippen molar-refractivity contribution in [1.82, 2.24) is 18.5 Å².